The maximum absolute atomic E-state index is 13.3. The molecular weight excluding hydrogens is 398 g/mol. The number of alkyl carbamates (subject to hydrolysis) is 1. The number of morpholine rings is 1. The minimum atomic E-state index is -0.819. The highest BCUT2D eigenvalue weighted by molar-refractivity contribution is 5.96. The lowest BCUT2D eigenvalue weighted by atomic mass is 9.88. The lowest BCUT2D eigenvalue weighted by molar-refractivity contribution is -0.123. The third-order valence-corrected chi connectivity index (χ3v) is 5.58. The summed E-state index contributed by atoms with van der Waals surface area (Å²) in [7, 11) is 0. The predicted molar refractivity (Wildman–Crippen MR) is 117 cm³/mol. The fraction of sp³-hybridized carbons (Fsp3) is 0.818. The molecule has 9 nitrogen and oxygen atoms in total. The molecule has 2 aliphatic rings. The Labute approximate surface area is 185 Å². The predicted octanol–water partition coefficient (Wildman–Crippen LogP) is 2.57. The van der Waals surface area contributed by atoms with E-state index >= 15 is 0 Å². The maximum atomic E-state index is 13.3. The van der Waals surface area contributed by atoms with Gasteiger partial charge in [0.05, 0.1) is 25.9 Å². The second kappa shape index (κ2) is 11.3. The zero-order valence-corrected chi connectivity index (χ0v) is 19.3. The molecule has 9 heteroatoms. The van der Waals surface area contributed by atoms with Crippen molar-refractivity contribution in [2.75, 3.05) is 32.9 Å². The van der Waals surface area contributed by atoms with Crippen molar-refractivity contribution in [3.8, 4) is 6.07 Å². The molecule has 0 bridgehead atoms. The van der Waals surface area contributed by atoms with Crippen LogP contribution < -0.4 is 10.6 Å². The van der Waals surface area contributed by atoms with Gasteiger partial charge in [0.15, 0.2) is 0 Å². The molecule has 0 spiro atoms. The molecule has 174 valence electrons. The van der Waals surface area contributed by atoms with Crippen molar-refractivity contribution >= 4 is 18.0 Å². The summed E-state index contributed by atoms with van der Waals surface area (Å²) in [6, 6.07) is 1.59. The first-order chi connectivity index (χ1) is 14.7. The van der Waals surface area contributed by atoms with E-state index in [1.807, 2.05) is 4.90 Å². The van der Waals surface area contributed by atoms with Crippen LogP contribution in [0.2, 0.25) is 0 Å². The van der Waals surface area contributed by atoms with E-state index in [0.717, 1.165) is 19.3 Å². The molecule has 2 amide bonds. The smallest absolute Gasteiger partial charge is 0.413 e. The van der Waals surface area contributed by atoms with E-state index in [-0.39, 0.29) is 17.9 Å². The number of carbonyl (C=O) groups is 2. The first-order valence-electron chi connectivity index (χ1n) is 11.3. The number of hydrogen-bond acceptors (Lipinski definition) is 6. The molecule has 1 saturated carbocycles. The van der Waals surface area contributed by atoms with Crippen LogP contribution in [-0.4, -0.2) is 67.4 Å². The molecule has 0 unspecified atom stereocenters. The summed E-state index contributed by atoms with van der Waals surface area (Å²) < 4.78 is 10.4. The summed E-state index contributed by atoms with van der Waals surface area (Å²) in [6.45, 7) is 10.4. The van der Waals surface area contributed by atoms with Gasteiger partial charge in [-0.3, -0.25) is 10.1 Å². The van der Waals surface area contributed by atoms with Gasteiger partial charge in [0.25, 0.3) is 0 Å². The number of guanidine groups is 1. The van der Waals surface area contributed by atoms with Crippen molar-refractivity contribution in [3.05, 3.63) is 0 Å². The van der Waals surface area contributed by atoms with Crippen molar-refractivity contribution in [1.82, 2.24) is 15.5 Å². The van der Waals surface area contributed by atoms with E-state index in [0.29, 0.717) is 51.5 Å². The number of carbonyl (C=O) groups excluding carboxylic acids is 2. The van der Waals surface area contributed by atoms with Crippen LogP contribution in [-0.2, 0) is 14.3 Å². The molecule has 0 aromatic heterocycles. The summed E-state index contributed by atoms with van der Waals surface area (Å²) in [6.07, 6.45) is 3.83. The van der Waals surface area contributed by atoms with Crippen molar-refractivity contribution < 1.29 is 19.1 Å². The second-order valence-electron chi connectivity index (χ2n) is 9.40. The molecule has 2 fully saturated rings. The van der Waals surface area contributed by atoms with Gasteiger partial charge in [-0.1, -0.05) is 20.8 Å². The summed E-state index contributed by atoms with van der Waals surface area (Å²) in [5.41, 5.74) is -0.803. The summed E-state index contributed by atoms with van der Waals surface area (Å²) in [4.78, 5) is 32.0. The largest absolute Gasteiger partial charge is 0.450 e. The Kier molecular flexibility index (Phi) is 9.11. The number of ether oxygens (including phenoxy) is 2. The number of amides is 2. The quantitative estimate of drug-likeness (QED) is 0.489. The highest BCUT2D eigenvalue weighted by atomic mass is 16.5. The molecule has 0 radical (unpaired) electrons. The van der Waals surface area contributed by atoms with E-state index in [1.54, 1.807) is 6.92 Å². The fourth-order valence-corrected chi connectivity index (χ4v) is 3.76. The van der Waals surface area contributed by atoms with Crippen molar-refractivity contribution in [2.45, 2.75) is 77.8 Å². The van der Waals surface area contributed by atoms with Crippen LogP contribution >= 0.6 is 0 Å². The average Bonchev–Trinajstić information content (AvgIpc) is 3.19. The van der Waals surface area contributed by atoms with Crippen LogP contribution in [0.25, 0.3) is 0 Å². The molecule has 1 heterocycles. The summed E-state index contributed by atoms with van der Waals surface area (Å²) >= 11 is 0. The molecule has 1 saturated heterocycles. The van der Waals surface area contributed by atoms with Gasteiger partial charge in [0, 0.05) is 13.1 Å². The minimum Gasteiger partial charge on any atom is -0.450 e. The van der Waals surface area contributed by atoms with Gasteiger partial charge in [-0.25, -0.2) is 9.79 Å². The highest BCUT2D eigenvalue weighted by Gasteiger charge is 2.37. The van der Waals surface area contributed by atoms with Crippen molar-refractivity contribution in [2.24, 2.45) is 10.4 Å². The molecule has 0 aromatic rings. The molecule has 2 rings (SSSR count). The first kappa shape index (κ1) is 24.9. The third-order valence-electron chi connectivity index (χ3n) is 5.58. The van der Waals surface area contributed by atoms with Gasteiger partial charge in [0.2, 0.25) is 11.9 Å². The number of nitrogens with one attached hydrogen (secondary N) is 2. The zero-order valence-electron chi connectivity index (χ0n) is 19.3. The third kappa shape index (κ3) is 8.02. The molecule has 2 N–H and O–H groups in total. The number of nitrogens with zero attached hydrogens (tertiary/aromatic N) is 3. The van der Waals surface area contributed by atoms with Crippen molar-refractivity contribution in [3.63, 3.8) is 0 Å². The van der Waals surface area contributed by atoms with Crippen LogP contribution in [0.4, 0.5) is 4.79 Å². The topological polar surface area (TPSA) is 116 Å². The zero-order chi connectivity index (χ0) is 22.9. The fourth-order valence-electron chi connectivity index (χ4n) is 3.76. The number of nitriles is 1. The summed E-state index contributed by atoms with van der Waals surface area (Å²) in [5, 5.41) is 15.3. The van der Waals surface area contributed by atoms with Crippen LogP contribution in [0.3, 0.4) is 0 Å². The Balaban J connectivity index is 2.27. The standard InChI is InChI=1S/C22H37N5O4/c1-5-31-20(29)25-19(27-12-14-30-15-13-27)24-17(8-11-21(2,3)4)18(28)26-22(16-23)9-6-7-10-22/h17H,5-15H2,1-4H3,(H,26,28)(H,24,25,29)/t17-/m0/s1. The van der Waals surface area contributed by atoms with E-state index in [4.69, 9.17) is 9.47 Å². The van der Waals surface area contributed by atoms with Crippen LogP contribution in [0.1, 0.15) is 66.2 Å². The van der Waals surface area contributed by atoms with E-state index in [2.05, 4.69) is 42.5 Å². The monoisotopic (exact) mass is 435 g/mol. The minimum absolute atomic E-state index is 0.0159. The first-order valence-corrected chi connectivity index (χ1v) is 11.3. The summed E-state index contributed by atoms with van der Waals surface area (Å²) in [5.74, 6) is 0.0392. The van der Waals surface area contributed by atoms with E-state index < -0.39 is 17.7 Å². The van der Waals surface area contributed by atoms with E-state index in [9.17, 15) is 14.9 Å². The normalized spacial score (nSPS) is 20.0. The second-order valence-corrected chi connectivity index (χ2v) is 9.40. The van der Waals surface area contributed by atoms with Gasteiger partial charge in [-0.05, 0) is 50.9 Å². The van der Waals surface area contributed by atoms with Crippen molar-refractivity contribution in [1.29, 1.82) is 5.26 Å². The average molecular weight is 436 g/mol. The number of hydrogen-bond donors (Lipinski definition) is 2. The molecule has 0 aromatic carbocycles. The van der Waals surface area contributed by atoms with Crippen LogP contribution in [0, 0.1) is 16.7 Å². The Hall–Kier alpha value is -2.34. The van der Waals surface area contributed by atoms with Gasteiger partial charge >= 0.3 is 6.09 Å². The molecular formula is C22H37N5O4. The van der Waals surface area contributed by atoms with Crippen LogP contribution in [0.5, 0.6) is 0 Å². The number of aliphatic imine (C=N–C) groups is 1. The van der Waals surface area contributed by atoms with Gasteiger partial charge in [-0.15, -0.1) is 0 Å². The SMILES string of the molecule is CCOC(=O)NC(=N[C@@H](CCC(C)(C)C)C(=O)NC1(C#N)CCCC1)N1CCOCC1. The molecule has 1 aliphatic heterocycles. The Bertz CT molecular complexity index is 683. The van der Waals surface area contributed by atoms with E-state index in [1.165, 1.54) is 0 Å². The van der Waals surface area contributed by atoms with Gasteiger partial charge < -0.3 is 19.7 Å². The van der Waals surface area contributed by atoms with Gasteiger partial charge in [-0.2, -0.15) is 5.26 Å². The molecule has 1 atom stereocenters. The Morgan fingerprint density at radius 2 is 1.90 bits per heavy atom. The highest BCUT2D eigenvalue weighted by Crippen LogP contribution is 2.30. The number of rotatable bonds is 6. The lowest BCUT2D eigenvalue weighted by Crippen LogP contribution is -2.52. The lowest BCUT2D eigenvalue weighted by Gasteiger charge is -2.31. The molecule has 1 aliphatic carbocycles. The van der Waals surface area contributed by atoms with Gasteiger partial charge in [0.1, 0.15) is 11.6 Å². The molecule has 31 heavy (non-hydrogen) atoms. The Morgan fingerprint density at radius 3 is 2.45 bits per heavy atom. The maximum Gasteiger partial charge on any atom is 0.413 e. The van der Waals surface area contributed by atoms with Crippen LogP contribution in [0.15, 0.2) is 4.99 Å². The Morgan fingerprint density at radius 1 is 1.26 bits per heavy atom.